The van der Waals surface area contributed by atoms with Crippen LogP contribution < -0.4 is 5.11 Å². The van der Waals surface area contributed by atoms with Gasteiger partial charge in [0.05, 0.1) is 40.3 Å². The number of carbonyl (C=O) groups excluding carboxylic acids is 3. The quantitative estimate of drug-likeness (QED) is 0.0195. The van der Waals surface area contributed by atoms with E-state index in [0.717, 1.165) is 51.4 Å². The molecule has 0 N–H and O–H groups in total. The van der Waals surface area contributed by atoms with Crippen LogP contribution in [0.5, 0.6) is 0 Å². The van der Waals surface area contributed by atoms with Gasteiger partial charge < -0.3 is 33.3 Å². The van der Waals surface area contributed by atoms with Gasteiger partial charge in [0.15, 0.2) is 12.4 Å². The van der Waals surface area contributed by atoms with Crippen LogP contribution in [0.3, 0.4) is 0 Å². The average Bonchev–Trinajstić information content (AvgIpc) is 3.55. The van der Waals surface area contributed by atoms with Crippen molar-refractivity contribution in [1.29, 1.82) is 0 Å². The molecule has 0 aromatic rings. The molecule has 0 aliphatic rings. The summed E-state index contributed by atoms with van der Waals surface area (Å²) in [6.45, 7) is 4.78. The van der Waals surface area contributed by atoms with Crippen molar-refractivity contribution in [2.75, 3.05) is 47.5 Å². The molecule has 0 heterocycles. The van der Waals surface area contributed by atoms with Crippen LogP contribution in [0.2, 0.25) is 0 Å². The number of carbonyl (C=O) groups is 3. The zero-order chi connectivity index (χ0) is 63.3. The Balaban J connectivity index is 3.97. The molecule has 0 aliphatic carbocycles. The van der Waals surface area contributed by atoms with Crippen LogP contribution in [-0.4, -0.2) is 82.3 Å². The van der Waals surface area contributed by atoms with Crippen LogP contribution in [0, 0.1) is 0 Å². The number of aliphatic carboxylic acids is 1. The van der Waals surface area contributed by atoms with Crippen LogP contribution in [0.25, 0.3) is 0 Å². The van der Waals surface area contributed by atoms with Crippen LogP contribution in [-0.2, 0) is 33.3 Å². The number of rotatable bonds is 71. The highest BCUT2D eigenvalue weighted by molar-refractivity contribution is 5.70. The van der Waals surface area contributed by atoms with Crippen molar-refractivity contribution >= 4 is 17.9 Å². The Hall–Kier alpha value is -2.75. The molecule has 0 bridgehead atoms. The zero-order valence-corrected chi connectivity index (χ0v) is 58.4. The smallest absolute Gasteiger partial charge is 0.306 e. The predicted molar refractivity (Wildman–Crippen MR) is 371 cm³/mol. The molecule has 0 aromatic carbocycles. The number of nitrogens with zero attached hydrogens (tertiary/aromatic N) is 1. The van der Waals surface area contributed by atoms with Crippen LogP contribution >= 0.6 is 0 Å². The van der Waals surface area contributed by atoms with Crippen molar-refractivity contribution in [3.8, 4) is 0 Å². The fraction of sp³-hybridized carbons (Fsp3) is 0.859. The summed E-state index contributed by atoms with van der Waals surface area (Å²) in [7, 11) is 5.94. The minimum atomic E-state index is -1.62. The molecule has 0 radical (unpaired) electrons. The lowest BCUT2D eigenvalue weighted by Gasteiger charge is -2.26. The third kappa shape index (κ3) is 70.6. The molecule has 0 rings (SSSR count). The van der Waals surface area contributed by atoms with Gasteiger partial charge in [-0.25, -0.2) is 0 Å². The van der Waals surface area contributed by atoms with Gasteiger partial charge in [0, 0.05) is 12.8 Å². The molecule has 2 unspecified atom stereocenters. The molecule has 0 aromatic heterocycles. The molecule has 0 amide bonds. The van der Waals surface area contributed by atoms with Gasteiger partial charge in [0.2, 0.25) is 0 Å². The predicted octanol–water partition coefficient (Wildman–Crippen LogP) is 22.4. The highest BCUT2D eigenvalue weighted by Crippen LogP contribution is 2.19. The minimum Gasteiger partial charge on any atom is -0.545 e. The van der Waals surface area contributed by atoms with Gasteiger partial charge in [0.25, 0.3) is 0 Å². The number of hydrogen-bond acceptors (Lipinski definition) is 8. The van der Waals surface area contributed by atoms with E-state index >= 15 is 0 Å². The number of hydrogen-bond donors (Lipinski definition) is 0. The number of ether oxygens (including phenoxy) is 4. The lowest BCUT2D eigenvalue weighted by Crippen LogP contribution is -2.44. The van der Waals surface area contributed by atoms with Gasteiger partial charge in [-0.3, -0.25) is 9.59 Å². The maximum Gasteiger partial charge on any atom is 0.306 e. The number of esters is 2. The number of carboxylic acid groups (broad SMARTS) is 1. The topological polar surface area (TPSA) is 111 Å². The summed E-state index contributed by atoms with van der Waals surface area (Å²) in [6.07, 6.45) is 86.5. The molecule has 0 saturated carbocycles. The molecular weight excluding hydrogens is 1080 g/mol. The van der Waals surface area contributed by atoms with E-state index in [9.17, 15) is 19.5 Å². The monoisotopic (exact) mass is 1220 g/mol. The summed E-state index contributed by atoms with van der Waals surface area (Å²) in [6, 6.07) is 0. The first-order valence-electron chi connectivity index (χ1n) is 37.8. The van der Waals surface area contributed by atoms with E-state index in [0.29, 0.717) is 17.4 Å². The molecular formula is C78H145NO8. The lowest BCUT2D eigenvalue weighted by atomic mass is 10.0. The van der Waals surface area contributed by atoms with Gasteiger partial charge in [-0.1, -0.05) is 332 Å². The molecule has 87 heavy (non-hydrogen) atoms. The van der Waals surface area contributed by atoms with Crippen molar-refractivity contribution in [3.63, 3.8) is 0 Å². The SMILES string of the molecule is CCCCCCC/C=C\C/C=C\CCCCCCCCCCCCCCCCCCCCCCCCCCCCCC(=O)OC(COC(=O)CCCCCCCCCCCCC/C=C\C/C=C\CCCCCCC)COC(OCC[N+](C)(C)C)C(=O)[O-]. The number of allylic oxidation sites excluding steroid dienone is 8. The summed E-state index contributed by atoms with van der Waals surface area (Å²) >= 11 is 0. The number of unbranched alkanes of at least 4 members (excludes halogenated alkanes) is 48. The summed E-state index contributed by atoms with van der Waals surface area (Å²) in [5, 5.41) is 11.8. The maximum atomic E-state index is 12.9. The summed E-state index contributed by atoms with van der Waals surface area (Å²) in [4.78, 5) is 37.5. The Morgan fingerprint density at radius 2 is 0.621 bits per heavy atom. The molecule has 0 spiro atoms. The normalized spacial score (nSPS) is 12.9. The Morgan fingerprint density at radius 1 is 0.345 bits per heavy atom. The standard InChI is InChI=1S/C78H145NO8/c1-6-8-10-12-14-16-18-20-22-24-26-28-30-31-32-33-34-35-36-37-38-39-40-41-42-43-44-45-47-49-51-53-55-57-59-61-63-65-67-69-76(81)87-74(73-86-78(77(82)83)84-71-70-79(3,4)5)72-85-75(80)68-66-64-62-60-58-56-54-52-50-48-46-29-27-25-23-21-19-17-15-13-11-9-7-2/h18-21,24-27,74,78H,6-17,22-23,28-73H2,1-5H3/b20-18-,21-19-,26-24-,27-25-. The van der Waals surface area contributed by atoms with Crippen molar-refractivity contribution in [1.82, 2.24) is 0 Å². The summed E-state index contributed by atoms with van der Waals surface area (Å²) in [5.41, 5.74) is 0. The molecule has 0 aliphatic heterocycles. The molecule has 9 heteroatoms. The zero-order valence-electron chi connectivity index (χ0n) is 58.4. The third-order valence-electron chi connectivity index (χ3n) is 17.0. The van der Waals surface area contributed by atoms with E-state index < -0.39 is 24.3 Å². The van der Waals surface area contributed by atoms with E-state index in [1.54, 1.807) is 0 Å². The Morgan fingerprint density at radius 3 is 0.908 bits per heavy atom. The number of carboxylic acids is 1. The molecule has 2 atom stereocenters. The average molecular weight is 1230 g/mol. The Labute approximate surface area is 540 Å². The molecule has 9 nitrogen and oxygen atoms in total. The fourth-order valence-electron chi connectivity index (χ4n) is 11.2. The second-order valence-corrected chi connectivity index (χ2v) is 26.9. The van der Waals surface area contributed by atoms with Crippen LogP contribution in [0.15, 0.2) is 48.6 Å². The van der Waals surface area contributed by atoms with Crippen molar-refractivity contribution in [2.24, 2.45) is 0 Å². The van der Waals surface area contributed by atoms with E-state index in [4.69, 9.17) is 18.9 Å². The number of quaternary nitrogens is 1. The van der Waals surface area contributed by atoms with Gasteiger partial charge in [-0.05, 0) is 77.0 Å². The Bertz CT molecular complexity index is 1570. The largest absolute Gasteiger partial charge is 0.545 e. The Kier molecular flexibility index (Phi) is 67.0. The highest BCUT2D eigenvalue weighted by Gasteiger charge is 2.22. The van der Waals surface area contributed by atoms with Crippen molar-refractivity contribution in [2.45, 2.75) is 386 Å². The highest BCUT2D eigenvalue weighted by atomic mass is 16.7. The molecule has 0 fully saturated rings. The first-order valence-corrected chi connectivity index (χ1v) is 37.8. The van der Waals surface area contributed by atoms with Crippen molar-refractivity contribution in [3.05, 3.63) is 48.6 Å². The third-order valence-corrected chi connectivity index (χ3v) is 17.0. The van der Waals surface area contributed by atoms with Gasteiger partial charge in [-0.2, -0.15) is 0 Å². The van der Waals surface area contributed by atoms with Crippen LogP contribution in [0.4, 0.5) is 0 Å². The van der Waals surface area contributed by atoms with E-state index in [1.165, 1.54) is 295 Å². The first kappa shape index (κ1) is 84.2. The van der Waals surface area contributed by atoms with E-state index in [1.807, 2.05) is 21.1 Å². The fourth-order valence-corrected chi connectivity index (χ4v) is 11.2. The van der Waals surface area contributed by atoms with Gasteiger partial charge in [0.1, 0.15) is 13.2 Å². The first-order chi connectivity index (χ1) is 42.6. The number of likely N-dealkylation sites (N-methyl/N-ethyl adjacent to an activating group) is 1. The van der Waals surface area contributed by atoms with E-state index in [-0.39, 0.29) is 32.2 Å². The summed E-state index contributed by atoms with van der Waals surface area (Å²) in [5.74, 6) is -2.26. The van der Waals surface area contributed by atoms with Crippen molar-refractivity contribution < 1.29 is 42.9 Å². The maximum absolute atomic E-state index is 12.9. The molecule has 510 valence electrons. The minimum absolute atomic E-state index is 0.149. The second kappa shape index (κ2) is 69.1. The molecule has 0 saturated heterocycles. The lowest BCUT2D eigenvalue weighted by molar-refractivity contribution is -0.870. The van der Waals surface area contributed by atoms with Gasteiger partial charge >= 0.3 is 11.9 Å². The van der Waals surface area contributed by atoms with E-state index in [2.05, 4.69) is 62.5 Å². The van der Waals surface area contributed by atoms with Crippen LogP contribution in [0.1, 0.15) is 373 Å². The summed E-state index contributed by atoms with van der Waals surface area (Å²) < 4.78 is 22.8. The van der Waals surface area contributed by atoms with Gasteiger partial charge in [-0.15, -0.1) is 0 Å². The second-order valence-electron chi connectivity index (χ2n) is 26.9.